The summed E-state index contributed by atoms with van der Waals surface area (Å²) in [4.78, 5) is 0. The highest BCUT2D eigenvalue weighted by molar-refractivity contribution is 4.71. The standard InChI is InChI=1S/C13H26N2.C4H10N2/c1(2-12-4-8-14-9-5-12)3-13-6-10-15-11-7-13;1-2-6-4-3-5-1/h12-15H,1-11H2;5-6H,1-4H2. The lowest BCUT2D eigenvalue weighted by molar-refractivity contribution is 0.304. The third kappa shape index (κ3) is 8.15. The molecule has 4 nitrogen and oxygen atoms in total. The molecule has 3 rings (SSSR count). The second-order valence-corrected chi connectivity index (χ2v) is 6.82. The molecule has 0 aromatic carbocycles. The van der Waals surface area contributed by atoms with Crippen LogP contribution in [-0.2, 0) is 0 Å². The van der Waals surface area contributed by atoms with Crippen LogP contribution in [0.4, 0.5) is 0 Å². The summed E-state index contributed by atoms with van der Waals surface area (Å²) in [6.45, 7) is 9.60. The van der Waals surface area contributed by atoms with Gasteiger partial charge in [0.1, 0.15) is 0 Å². The van der Waals surface area contributed by atoms with Gasteiger partial charge >= 0.3 is 0 Å². The third-order valence-corrected chi connectivity index (χ3v) is 5.10. The maximum absolute atomic E-state index is 3.45. The Labute approximate surface area is 131 Å². The van der Waals surface area contributed by atoms with E-state index in [9.17, 15) is 0 Å². The van der Waals surface area contributed by atoms with Gasteiger partial charge in [0.2, 0.25) is 0 Å². The fourth-order valence-electron chi connectivity index (χ4n) is 3.64. The minimum atomic E-state index is 1.04. The van der Waals surface area contributed by atoms with Crippen LogP contribution in [0, 0.1) is 11.8 Å². The molecule has 0 bridgehead atoms. The molecule has 3 aliphatic rings. The molecule has 0 atom stereocenters. The van der Waals surface area contributed by atoms with E-state index < -0.39 is 0 Å². The number of piperidine rings is 2. The molecule has 0 amide bonds. The average molecular weight is 297 g/mol. The summed E-state index contributed by atoms with van der Waals surface area (Å²) in [5, 5.41) is 13.3. The van der Waals surface area contributed by atoms with Gasteiger partial charge in [-0.15, -0.1) is 0 Å². The van der Waals surface area contributed by atoms with Crippen LogP contribution < -0.4 is 21.3 Å². The van der Waals surface area contributed by atoms with Gasteiger partial charge in [-0.3, -0.25) is 0 Å². The molecule has 0 aliphatic carbocycles. The van der Waals surface area contributed by atoms with Crippen molar-refractivity contribution in [2.75, 3.05) is 52.4 Å². The smallest absolute Gasteiger partial charge is 0.00772 e. The molecule has 0 radical (unpaired) electrons. The van der Waals surface area contributed by atoms with Crippen molar-refractivity contribution in [2.45, 2.75) is 44.9 Å². The molecule has 4 heteroatoms. The molecule has 0 aromatic rings. The maximum atomic E-state index is 3.45. The Bertz CT molecular complexity index is 201. The van der Waals surface area contributed by atoms with Gasteiger partial charge in [-0.1, -0.05) is 19.3 Å². The van der Waals surface area contributed by atoms with E-state index in [1.165, 1.54) is 71.1 Å². The number of nitrogens with one attached hydrogen (secondary N) is 4. The zero-order valence-corrected chi connectivity index (χ0v) is 13.8. The quantitative estimate of drug-likeness (QED) is 0.632. The third-order valence-electron chi connectivity index (χ3n) is 5.10. The lowest BCUT2D eigenvalue weighted by Gasteiger charge is -2.25. The van der Waals surface area contributed by atoms with Gasteiger partial charge in [0, 0.05) is 26.2 Å². The molecule has 0 unspecified atom stereocenters. The van der Waals surface area contributed by atoms with Crippen molar-refractivity contribution in [2.24, 2.45) is 11.8 Å². The Morgan fingerprint density at radius 2 is 0.810 bits per heavy atom. The second-order valence-electron chi connectivity index (χ2n) is 6.82. The van der Waals surface area contributed by atoms with Gasteiger partial charge in [0.05, 0.1) is 0 Å². The highest BCUT2D eigenvalue weighted by Crippen LogP contribution is 2.23. The zero-order chi connectivity index (χ0) is 14.6. The van der Waals surface area contributed by atoms with Gasteiger partial charge in [0.15, 0.2) is 0 Å². The number of piperazine rings is 1. The average Bonchev–Trinajstić information content (AvgIpc) is 2.59. The Morgan fingerprint density at radius 3 is 1.14 bits per heavy atom. The predicted octanol–water partition coefficient (Wildman–Crippen LogP) is 1.34. The van der Waals surface area contributed by atoms with Crippen molar-refractivity contribution in [1.82, 2.24) is 21.3 Å². The molecular weight excluding hydrogens is 260 g/mol. The van der Waals surface area contributed by atoms with Crippen LogP contribution in [0.2, 0.25) is 0 Å². The minimum Gasteiger partial charge on any atom is -0.317 e. The summed E-state index contributed by atoms with van der Waals surface area (Å²) in [5.41, 5.74) is 0. The number of rotatable bonds is 4. The first-order valence-corrected chi connectivity index (χ1v) is 9.28. The summed E-state index contributed by atoms with van der Waals surface area (Å²) in [5.74, 6) is 2.07. The van der Waals surface area contributed by atoms with Gasteiger partial charge in [-0.05, 0) is 63.7 Å². The van der Waals surface area contributed by atoms with Crippen LogP contribution in [0.3, 0.4) is 0 Å². The van der Waals surface area contributed by atoms with Crippen molar-refractivity contribution in [3.63, 3.8) is 0 Å². The van der Waals surface area contributed by atoms with Crippen LogP contribution in [0.25, 0.3) is 0 Å². The van der Waals surface area contributed by atoms with E-state index in [1.807, 2.05) is 0 Å². The van der Waals surface area contributed by atoms with Crippen LogP contribution in [-0.4, -0.2) is 52.4 Å². The van der Waals surface area contributed by atoms with Crippen molar-refractivity contribution < 1.29 is 0 Å². The van der Waals surface area contributed by atoms with Gasteiger partial charge in [-0.25, -0.2) is 0 Å². The Hall–Kier alpha value is -0.160. The molecule has 0 aromatic heterocycles. The zero-order valence-electron chi connectivity index (χ0n) is 13.8. The first-order valence-electron chi connectivity index (χ1n) is 9.28. The van der Waals surface area contributed by atoms with E-state index in [2.05, 4.69) is 21.3 Å². The normalized spacial score (nSPS) is 25.1. The second kappa shape index (κ2) is 11.4. The van der Waals surface area contributed by atoms with E-state index in [1.54, 1.807) is 0 Å². The van der Waals surface area contributed by atoms with Crippen LogP contribution >= 0.6 is 0 Å². The first-order chi connectivity index (χ1) is 10.4. The van der Waals surface area contributed by atoms with E-state index in [0.717, 1.165) is 38.0 Å². The predicted molar refractivity (Wildman–Crippen MR) is 90.8 cm³/mol. The molecule has 3 saturated heterocycles. The van der Waals surface area contributed by atoms with Gasteiger partial charge < -0.3 is 21.3 Å². The van der Waals surface area contributed by atoms with E-state index in [-0.39, 0.29) is 0 Å². The minimum absolute atomic E-state index is 1.04. The van der Waals surface area contributed by atoms with E-state index >= 15 is 0 Å². The topological polar surface area (TPSA) is 48.1 Å². The molecule has 0 spiro atoms. The summed E-state index contributed by atoms with van der Waals surface area (Å²) < 4.78 is 0. The molecule has 3 fully saturated rings. The Balaban J connectivity index is 0.000000225. The molecule has 21 heavy (non-hydrogen) atoms. The molecule has 3 heterocycles. The fraction of sp³-hybridized carbons (Fsp3) is 1.00. The van der Waals surface area contributed by atoms with Crippen molar-refractivity contribution >= 4 is 0 Å². The van der Waals surface area contributed by atoms with Crippen LogP contribution in [0.15, 0.2) is 0 Å². The summed E-state index contributed by atoms with van der Waals surface area (Å²) in [6, 6.07) is 0. The molecular formula is C17H36N4. The summed E-state index contributed by atoms with van der Waals surface area (Å²) in [7, 11) is 0. The Kier molecular flexibility index (Phi) is 9.35. The van der Waals surface area contributed by atoms with Gasteiger partial charge in [-0.2, -0.15) is 0 Å². The Morgan fingerprint density at radius 1 is 0.476 bits per heavy atom. The molecule has 3 aliphatic heterocycles. The molecule has 124 valence electrons. The number of hydrogen-bond donors (Lipinski definition) is 4. The highest BCUT2D eigenvalue weighted by Gasteiger charge is 2.15. The lowest BCUT2D eigenvalue weighted by Crippen LogP contribution is -2.39. The van der Waals surface area contributed by atoms with Crippen molar-refractivity contribution in [1.29, 1.82) is 0 Å². The summed E-state index contributed by atoms with van der Waals surface area (Å²) >= 11 is 0. The molecule has 4 N–H and O–H groups in total. The highest BCUT2D eigenvalue weighted by atomic mass is 15.0. The maximum Gasteiger partial charge on any atom is 0.00772 e. The fourth-order valence-corrected chi connectivity index (χ4v) is 3.64. The van der Waals surface area contributed by atoms with E-state index in [4.69, 9.17) is 0 Å². The van der Waals surface area contributed by atoms with Crippen LogP contribution in [0.1, 0.15) is 44.9 Å². The SMILES string of the molecule is C(CC1CCNCC1)CC1CCNCC1.C1CNCCN1. The van der Waals surface area contributed by atoms with Crippen molar-refractivity contribution in [3.05, 3.63) is 0 Å². The van der Waals surface area contributed by atoms with Crippen molar-refractivity contribution in [3.8, 4) is 0 Å². The largest absolute Gasteiger partial charge is 0.317 e. The van der Waals surface area contributed by atoms with E-state index in [0.29, 0.717) is 0 Å². The number of hydrogen-bond acceptors (Lipinski definition) is 4. The van der Waals surface area contributed by atoms with Crippen LogP contribution in [0.5, 0.6) is 0 Å². The lowest BCUT2D eigenvalue weighted by atomic mass is 9.87. The first kappa shape index (κ1) is 17.2. The monoisotopic (exact) mass is 296 g/mol. The summed E-state index contributed by atoms with van der Waals surface area (Å²) in [6.07, 6.45) is 10.2. The van der Waals surface area contributed by atoms with Gasteiger partial charge in [0.25, 0.3) is 0 Å². The molecule has 0 saturated carbocycles.